The van der Waals surface area contributed by atoms with Gasteiger partial charge in [0.1, 0.15) is 5.52 Å². The van der Waals surface area contributed by atoms with Crippen molar-refractivity contribution in [1.29, 1.82) is 0 Å². The number of nitrogens with one attached hydrogen (secondary N) is 1. The molecule has 2 aromatic heterocycles. The Balaban J connectivity index is 1.59. The average Bonchev–Trinajstić information content (AvgIpc) is 3.46. The molecule has 3 aromatic rings. The molecule has 1 aliphatic carbocycles. The summed E-state index contributed by atoms with van der Waals surface area (Å²) in [5.41, 5.74) is 5.81. The van der Waals surface area contributed by atoms with Crippen molar-refractivity contribution < 1.29 is 13.9 Å². The fraction of sp³-hybridized carbons (Fsp3) is 0.286. The van der Waals surface area contributed by atoms with Crippen LogP contribution >= 0.6 is 23.4 Å². The van der Waals surface area contributed by atoms with E-state index >= 15 is 0 Å². The summed E-state index contributed by atoms with van der Waals surface area (Å²) in [6, 6.07) is 6.08. The van der Waals surface area contributed by atoms with E-state index in [4.69, 9.17) is 17.3 Å². The number of benzene rings is 1. The van der Waals surface area contributed by atoms with Crippen LogP contribution in [0.1, 0.15) is 18.9 Å². The van der Waals surface area contributed by atoms with E-state index < -0.39 is 21.9 Å². The van der Waals surface area contributed by atoms with Crippen molar-refractivity contribution in [3.05, 3.63) is 58.9 Å². The van der Waals surface area contributed by atoms with E-state index in [0.29, 0.717) is 28.5 Å². The number of aliphatic hydroxyl groups excluding tert-OH is 1. The molecule has 0 radical (unpaired) electrons. The third-order valence-electron chi connectivity index (χ3n) is 6.02. The van der Waals surface area contributed by atoms with Gasteiger partial charge in [-0.25, -0.2) is 13.8 Å². The summed E-state index contributed by atoms with van der Waals surface area (Å²) in [7, 11) is 0. The van der Waals surface area contributed by atoms with Crippen LogP contribution in [-0.4, -0.2) is 31.6 Å². The van der Waals surface area contributed by atoms with E-state index in [-0.39, 0.29) is 23.3 Å². The lowest BCUT2D eigenvalue weighted by atomic mass is 9.85. The highest BCUT2D eigenvalue weighted by molar-refractivity contribution is 8.15. The molecule has 0 unspecified atom stereocenters. The lowest BCUT2D eigenvalue weighted by molar-refractivity contribution is 0.264. The number of hydrogen-bond acceptors (Lipinski definition) is 7. The first kappa shape index (κ1) is 20.4. The average molecular weight is 462 g/mol. The molecule has 10 heteroatoms. The van der Waals surface area contributed by atoms with E-state index in [0.717, 1.165) is 11.5 Å². The maximum Gasteiger partial charge on any atom is 0.164 e. The Kier molecular flexibility index (Phi) is 4.62. The molecular formula is C21H18ClF2N5OS. The molecule has 31 heavy (non-hydrogen) atoms. The molecule has 160 valence electrons. The number of amidine groups is 1. The summed E-state index contributed by atoms with van der Waals surface area (Å²) in [6.45, 7) is 1.62. The molecular weight excluding hydrogens is 444 g/mol. The molecule has 0 spiro atoms. The van der Waals surface area contributed by atoms with E-state index in [2.05, 4.69) is 20.3 Å². The van der Waals surface area contributed by atoms with Crippen LogP contribution in [-0.2, 0) is 5.54 Å². The SMILES string of the molecule is C[C@]1(c2cc(Nc3nccc4cc(Cl)cnc34)cc(F)c2F)N=C(N)S[C@@]2(CO)C[C@H]21. The van der Waals surface area contributed by atoms with Gasteiger partial charge in [-0.05, 0) is 31.5 Å². The van der Waals surface area contributed by atoms with Gasteiger partial charge in [-0.3, -0.25) is 9.98 Å². The highest BCUT2D eigenvalue weighted by Gasteiger charge is 2.66. The van der Waals surface area contributed by atoms with E-state index in [1.54, 1.807) is 25.3 Å². The van der Waals surface area contributed by atoms with Gasteiger partial charge in [0.05, 0.1) is 21.9 Å². The minimum atomic E-state index is -1.10. The molecule has 1 fully saturated rings. The van der Waals surface area contributed by atoms with Crippen LogP contribution in [0.2, 0.25) is 5.02 Å². The second-order valence-corrected chi connectivity index (χ2v) is 9.88. The molecule has 1 saturated carbocycles. The predicted molar refractivity (Wildman–Crippen MR) is 119 cm³/mol. The number of anilines is 2. The predicted octanol–water partition coefficient (Wildman–Crippen LogP) is 4.33. The minimum absolute atomic E-state index is 0.0785. The van der Waals surface area contributed by atoms with Gasteiger partial charge in [0.25, 0.3) is 0 Å². The van der Waals surface area contributed by atoms with Crippen LogP contribution in [0.25, 0.3) is 10.9 Å². The Hall–Kier alpha value is -2.49. The molecule has 2 aliphatic rings. The number of halogens is 3. The van der Waals surface area contributed by atoms with Crippen molar-refractivity contribution in [3.63, 3.8) is 0 Å². The second kappa shape index (κ2) is 7.01. The highest BCUT2D eigenvalue weighted by Crippen LogP contribution is 2.65. The Labute approximate surface area is 185 Å². The summed E-state index contributed by atoms with van der Waals surface area (Å²) in [5.74, 6) is -1.77. The lowest BCUT2D eigenvalue weighted by Crippen LogP contribution is -2.37. The maximum atomic E-state index is 15.0. The zero-order chi connectivity index (χ0) is 22.0. The number of nitrogens with two attached hydrogens (primary N) is 1. The molecule has 1 aromatic carbocycles. The maximum absolute atomic E-state index is 15.0. The number of hydrogen-bond donors (Lipinski definition) is 3. The van der Waals surface area contributed by atoms with Gasteiger partial charge in [0, 0.05) is 41.0 Å². The van der Waals surface area contributed by atoms with Gasteiger partial charge in [0.2, 0.25) is 0 Å². The van der Waals surface area contributed by atoms with Crippen LogP contribution in [0.3, 0.4) is 0 Å². The number of rotatable bonds is 4. The summed E-state index contributed by atoms with van der Waals surface area (Å²) >= 11 is 7.30. The number of aliphatic imine (C=N–C) groups is 1. The Morgan fingerprint density at radius 3 is 2.90 bits per heavy atom. The third-order valence-corrected chi connectivity index (χ3v) is 7.52. The van der Waals surface area contributed by atoms with E-state index in [1.807, 2.05) is 0 Å². The lowest BCUT2D eigenvalue weighted by Gasteiger charge is -2.34. The number of aliphatic hydroxyl groups is 1. The summed E-state index contributed by atoms with van der Waals surface area (Å²) in [6.07, 6.45) is 3.68. The first-order chi connectivity index (χ1) is 14.8. The Morgan fingerprint density at radius 2 is 2.13 bits per heavy atom. The highest BCUT2D eigenvalue weighted by atomic mass is 35.5. The van der Waals surface area contributed by atoms with Gasteiger partial charge in [0.15, 0.2) is 22.6 Å². The quantitative estimate of drug-likeness (QED) is 0.535. The molecule has 3 atom stereocenters. The fourth-order valence-electron chi connectivity index (χ4n) is 4.39. The Morgan fingerprint density at radius 1 is 1.32 bits per heavy atom. The van der Waals surface area contributed by atoms with Gasteiger partial charge >= 0.3 is 0 Å². The van der Waals surface area contributed by atoms with Gasteiger partial charge in [-0.15, -0.1) is 0 Å². The monoisotopic (exact) mass is 461 g/mol. The van der Waals surface area contributed by atoms with Crippen molar-refractivity contribution in [2.75, 3.05) is 11.9 Å². The number of nitrogens with zero attached hydrogens (tertiary/aromatic N) is 3. The van der Waals surface area contributed by atoms with Crippen molar-refractivity contribution >= 4 is 50.9 Å². The van der Waals surface area contributed by atoms with Gasteiger partial charge in [-0.2, -0.15) is 0 Å². The number of pyridine rings is 2. The van der Waals surface area contributed by atoms with Crippen LogP contribution in [0, 0.1) is 17.6 Å². The largest absolute Gasteiger partial charge is 0.395 e. The summed E-state index contributed by atoms with van der Waals surface area (Å²) in [4.78, 5) is 13.1. The molecule has 0 bridgehead atoms. The summed E-state index contributed by atoms with van der Waals surface area (Å²) in [5, 5.41) is 14.4. The smallest absolute Gasteiger partial charge is 0.164 e. The van der Waals surface area contributed by atoms with Crippen LogP contribution in [0.4, 0.5) is 20.3 Å². The first-order valence-corrected chi connectivity index (χ1v) is 10.8. The van der Waals surface area contributed by atoms with Crippen molar-refractivity contribution in [2.45, 2.75) is 23.6 Å². The number of thioether (sulfide) groups is 1. The molecule has 4 N–H and O–H groups in total. The molecule has 0 saturated heterocycles. The minimum Gasteiger partial charge on any atom is -0.395 e. The van der Waals surface area contributed by atoms with E-state index in [9.17, 15) is 13.9 Å². The third kappa shape index (κ3) is 3.22. The number of fused-ring (bicyclic) bond motifs is 2. The standard InChI is InChI=1S/C21H18ClF2N5OS/c1-20(15-7-21(15,9-30)31-19(25)29-20)13-5-12(6-14(23)16(13)24)28-18-17-10(2-3-26-18)4-11(22)8-27-17/h2-6,8,15,30H,7,9H2,1H3,(H2,25,29)(H,26,28)/t15-,20+,21+/m0/s1. The normalized spacial score (nSPS) is 27.0. The van der Waals surface area contributed by atoms with Gasteiger partial charge < -0.3 is 16.2 Å². The van der Waals surface area contributed by atoms with E-state index in [1.165, 1.54) is 24.0 Å². The van der Waals surface area contributed by atoms with Crippen molar-refractivity contribution in [1.82, 2.24) is 9.97 Å². The van der Waals surface area contributed by atoms with Crippen LogP contribution < -0.4 is 11.1 Å². The zero-order valence-electron chi connectivity index (χ0n) is 16.4. The molecule has 5 rings (SSSR count). The molecule has 1 aliphatic heterocycles. The van der Waals surface area contributed by atoms with Crippen molar-refractivity contribution in [2.24, 2.45) is 16.6 Å². The zero-order valence-corrected chi connectivity index (χ0v) is 17.9. The molecule has 0 amide bonds. The fourth-order valence-corrected chi connectivity index (χ4v) is 5.90. The summed E-state index contributed by atoms with van der Waals surface area (Å²) < 4.78 is 29.1. The van der Waals surface area contributed by atoms with Gasteiger partial charge in [-0.1, -0.05) is 23.4 Å². The van der Waals surface area contributed by atoms with Crippen LogP contribution in [0.5, 0.6) is 0 Å². The molecule has 6 nitrogen and oxygen atoms in total. The Bertz CT molecular complexity index is 1260. The van der Waals surface area contributed by atoms with Crippen molar-refractivity contribution in [3.8, 4) is 0 Å². The number of aromatic nitrogens is 2. The second-order valence-electron chi connectivity index (χ2n) is 8.01. The molecule has 3 heterocycles. The van der Waals surface area contributed by atoms with Crippen LogP contribution in [0.15, 0.2) is 41.7 Å². The first-order valence-electron chi connectivity index (χ1n) is 9.58. The topological polar surface area (TPSA) is 96.4 Å².